The lowest BCUT2D eigenvalue weighted by Gasteiger charge is -2.22. The number of hydrogen-bond acceptors (Lipinski definition) is 2. The van der Waals surface area contributed by atoms with Crippen molar-refractivity contribution in [2.75, 3.05) is 0 Å². The monoisotopic (exact) mass is 266 g/mol. The SMILES string of the molecule is CC(C)(C)Oc1ccccc1.CC(C)OC(C)(C)C. The van der Waals surface area contributed by atoms with Crippen LogP contribution in [0.1, 0.15) is 55.4 Å². The van der Waals surface area contributed by atoms with Gasteiger partial charge in [-0.3, -0.25) is 0 Å². The van der Waals surface area contributed by atoms with Crippen molar-refractivity contribution in [2.45, 2.75) is 72.7 Å². The van der Waals surface area contributed by atoms with E-state index in [1.54, 1.807) is 0 Å². The van der Waals surface area contributed by atoms with Crippen molar-refractivity contribution in [1.82, 2.24) is 0 Å². The summed E-state index contributed by atoms with van der Waals surface area (Å²) in [4.78, 5) is 0. The Morgan fingerprint density at radius 2 is 1.26 bits per heavy atom. The van der Waals surface area contributed by atoms with Gasteiger partial charge in [0.1, 0.15) is 11.4 Å². The van der Waals surface area contributed by atoms with Crippen molar-refractivity contribution < 1.29 is 9.47 Å². The molecule has 0 aliphatic carbocycles. The second kappa shape index (κ2) is 7.54. The van der Waals surface area contributed by atoms with Crippen LogP contribution in [0.4, 0.5) is 0 Å². The molecule has 0 saturated heterocycles. The molecule has 0 heterocycles. The minimum Gasteiger partial charge on any atom is -0.488 e. The molecule has 1 aromatic rings. The van der Waals surface area contributed by atoms with Gasteiger partial charge in [0.15, 0.2) is 0 Å². The molecular formula is C17H30O2. The van der Waals surface area contributed by atoms with E-state index in [2.05, 4.69) is 20.8 Å². The first kappa shape index (κ1) is 18.0. The second-order valence-electron chi connectivity index (χ2n) is 6.81. The van der Waals surface area contributed by atoms with Crippen LogP contribution in [-0.2, 0) is 4.74 Å². The van der Waals surface area contributed by atoms with Crippen molar-refractivity contribution >= 4 is 0 Å². The fourth-order valence-electron chi connectivity index (χ4n) is 1.55. The molecule has 2 heteroatoms. The summed E-state index contributed by atoms with van der Waals surface area (Å²) in [5.74, 6) is 0.931. The van der Waals surface area contributed by atoms with Gasteiger partial charge in [0, 0.05) is 0 Å². The van der Waals surface area contributed by atoms with Crippen molar-refractivity contribution in [3.63, 3.8) is 0 Å². The number of para-hydroxylation sites is 1. The normalized spacial score (nSPS) is 11.8. The first-order chi connectivity index (χ1) is 8.49. The summed E-state index contributed by atoms with van der Waals surface area (Å²) in [6.07, 6.45) is 0.343. The van der Waals surface area contributed by atoms with Crippen LogP contribution in [0.15, 0.2) is 30.3 Å². The Morgan fingerprint density at radius 1 is 0.789 bits per heavy atom. The highest BCUT2D eigenvalue weighted by Gasteiger charge is 2.11. The standard InChI is InChI=1S/C10H14O.C7H16O/c1-10(2,3)11-9-7-5-4-6-8-9;1-6(2)8-7(3,4)5/h4-8H,1-3H3;6H,1-5H3. The van der Waals surface area contributed by atoms with E-state index in [1.807, 2.05) is 65.0 Å². The minimum atomic E-state index is -0.0959. The maximum absolute atomic E-state index is 5.60. The van der Waals surface area contributed by atoms with E-state index in [4.69, 9.17) is 9.47 Å². The average Bonchev–Trinajstić information content (AvgIpc) is 2.12. The predicted octanol–water partition coefficient (Wildman–Crippen LogP) is 5.07. The molecule has 0 N–H and O–H groups in total. The van der Waals surface area contributed by atoms with Gasteiger partial charge in [-0.15, -0.1) is 0 Å². The molecule has 110 valence electrons. The van der Waals surface area contributed by atoms with E-state index in [0.29, 0.717) is 6.10 Å². The maximum Gasteiger partial charge on any atom is 0.120 e. The van der Waals surface area contributed by atoms with Crippen LogP contribution < -0.4 is 4.74 Å². The third kappa shape index (κ3) is 13.2. The van der Waals surface area contributed by atoms with E-state index in [-0.39, 0.29) is 11.2 Å². The zero-order chi connectivity index (χ0) is 15.1. The minimum absolute atomic E-state index is 0.0220. The summed E-state index contributed by atoms with van der Waals surface area (Å²) in [5.41, 5.74) is -0.0739. The van der Waals surface area contributed by atoms with Crippen LogP contribution in [0.2, 0.25) is 0 Å². The molecule has 0 aliphatic rings. The van der Waals surface area contributed by atoms with Crippen LogP contribution in [0.5, 0.6) is 5.75 Å². The summed E-state index contributed by atoms with van der Waals surface area (Å²) in [6, 6.07) is 9.86. The molecule has 0 aromatic heterocycles. The van der Waals surface area contributed by atoms with E-state index in [1.165, 1.54) is 0 Å². The molecule has 0 atom stereocenters. The van der Waals surface area contributed by atoms with E-state index in [0.717, 1.165) is 5.75 Å². The van der Waals surface area contributed by atoms with Gasteiger partial charge in [-0.05, 0) is 67.5 Å². The molecule has 19 heavy (non-hydrogen) atoms. The highest BCUT2D eigenvalue weighted by molar-refractivity contribution is 5.21. The zero-order valence-corrected chi connectivity index (χ0v) is 13.8. The number of hydrogen-bond donors (Lipinski definition) is 0. The Labute approximate surface area is 119 Å². The third-order valence-corrected chi connectivity index (χ3v) is 1.76. The van der Waals surface area contributed by atoms with Gasteiger partial charge in [0.25, 0.3) is 0 Å². The lowest BCUT2D eigenvalue weighted by molar-refractivity contribution is -0.0424. The molecule has 0 unspecified atom stereocenters. The molecule has 2 nitrogen and oxygen atoms in total. The fraction of sp³-hybridized carbons (Fsp3) is 0.647. The first-order valence-corrected chi connectivity index (χ1v) is 6.91. The number of rotatable bonds is 2. The Bertz CT molecular complexity index is 329. The second-order valence-corrected chi connectivity index (χ2v) is 6.81. The van der Waals surface area contributed by atoms with Crippen LogP contribution >= 0.6 is 0 Å². The summed E-state index contributed by atoms with van der Waals surface area (Å²) in [7, 11) is 0. The Morgan fingerprint density at radius 3 is 1.53 bits per heavy atom. The third-order valence-electron chi connectivity index (χ3n) is 1.76. The average molecular weight is 266 g/mol. The number of benzene rings is 1. The zero-order valence-electron chi connectivity index (χ0n) is 13.8. The quantitative estimate of drug-likeness (QED) is 0.743. The first-order valence-electron chi connectivity index (χ1n) is 6.91. The summed E-state index contributed by atoms with van der Waals surface area (Å²) in [5, 5.41) is 0. The molecule has 0 saturated carbocycles. The smallest absolute Gasteiger partial charge is 0.120 e. The van der Waals surface area contributed by atoms with Crippen LogP contribution in [0.25, 0.3) is 0 Å². The van der Waals surface area contributed by atoms with Gasteiger partial charge in [-0.2, -0.15) is 0 Å². The van der Waals surface area contributed by atoms with Crippen LogP contribution in [0.3, 0.4) is 0 Å². The lowest BCUT2D eigenvalue weighted by Crippen LogP contribution is -2.23. The molecular weight excluding hydrogens is 236 g/mol. The molecule has 1 aromatic carbocycles. The molecule has 0 aliphatic heterocycles. The van der Waals surface area contributed by atoms with E-state index >= 15 is 0 Å². The Hall–Kier alpha value is -1.02. The molecule has 0 bridgehead atoms. The molecule has 0 radical (unpaired) electrons. The van der Waals surface area contributed by atoms with Gasteiger partial charge >= 0.3 is 0 Å². The molecule has 1 rings (SSSR count). The maximum atomic E-state index is 5.60. The van der Waals surface area contributed by atoms with Crippen molar-refractivity contribution in [3.8, 4) is 5.75 Å². The van der Waals surface area contributed by atoms with Gasteiger partial charge in [-0.1, -0.05) is 18.2 Å². The summed E-state index contributed by atoms with van der Waals surface area (Å²) in [6.45, 7) is 16.4. The lowest BCUT2D eigenvalue weighted by atomic mass is 10.2. The van der Waals surface area contributed by atoms with Gasteiger partial charge in [0.2, 0.25) is 0 Å². The largest absolute Gasteiger partial charge is 0.488 e. The number of ether oxygens (including phenoxy) is 2. The van der Waals surface area contributed by atoms with Crippen molar-refractivity contribution in [3.05, 3.63) is 30.3 Å². The van der Waals surface area contributed by atoms with Gasteiger partial charge in [-0.25, -0.2) is 0 Å². The van der Waals surface area contributed by atoms with Gasteiger partial charge in [0.05, 0.1) is 11.7 Å². The van der Waals surface area contributed by atoms with Crippen LogP contribution in [0, 0.1) is 0 Å². The van der Waals surface area contributed by atoms with E-state index < -0.39 is 0 Å². The summed E-state index contributed by atoms with van der Waals surface area (Å²) >= 11 is 0. The van der Waals surface area contributed by atoms with Crippen molar-refractivity contribution in [2.24, 2.45) is 0 Å². The van der Waals surface area contributed by atoms with Crippen molar-refractivity contribution in [1.29, 1.82) is 0 Å². The molecule has 0 amide bonds. The van der Waals surface area contributed by atoms with Crippen LogP contribution in [-0.4, -0.2) is 17.3 Å². The highest BCUT2D eigenvalue weighted by atomic mass is 16.5. The molecule has 0 fully saturated rings. The van der Waals surface area contributed by atoms with E-state index in [9.17, 15) is 0 Å². The Balaban J connectivity index is 0.000000362. The molecule has 0 spiro atoms. The highest BCUT2D eigenvalue weighted by Crippen LogP contribution is 2.16. The topological polar surface area (TPSA) is 18.5 Å². The summed E-state index contributed by atoms with van der Waals surface area (Å²) < 4.78 is 11.0. The fourth-order valence-corrected chi connectivity index (χ4v) is 1.55. The van der Waals surface area contributed by atoms with Gasteiger partial charge < -0.3 is 9.47 Å². The predicted molar refractivity (Wildman–Crippen MR) is 82.8 cm³/mol. The Kier molecular flexibility index (Phi) is 7.14.